The first kappa shape index (κ1) is 10.3. The molecule has 0 aliphatic rings. The highest BCUT2D eigenvalue weighted by atomic mass is 79.9. The van der Waals surface area contributed by atoms with Gasteiger partial charge in [-0.25, -0.2) is 0 Å². The molecule has 0 N–H and O–H groups in total. The maximum absolute atomic E-state index is 11.4. The van der Waals surface area contributed by atoms with Crippen LogP contribution in [0.25, 0.3) is 0 Å². The fourth-order valence-corrected chi connectivity index (χ4v) is 2.69. The van der Waals surface area contributed by atoms with E-state index in [0.717, 1.165) is 14.4 Å². The summed E-state index contributed by atoms with van der Waals surface area (Å²) in [6.07, 6.45) is 0. The normalized spacial score (nSPS) is 10.2. The minimum Gasteiger partial charge on any atom is -0.292 e. The number of rotatable bonds is 4. The van der Waals surface area contributed by atoms with E-state index in [1.165, 1.54) is 11.3 Å². The number of halogens is 1. The Morgan fingerprint density at radius 1 is 1.67 bits per heavy atom. The second kappa shape index (κ2) is 5.04. The third-order valence-electron chi connectivity index (χ3n) is 1.29. The van der Waals surface area contributed by atoms with Crippen LogP contribution in [0.1, 0.15) is 16.6 Å². The highest BCUT2D eigenvalue weighted by molar-refractivity contribution is 9.11. The molecule has 1 nitrogen and oxygen atoms in total. The van der Waals surface area contributed by atoms with Crippen molar-refractivity contribution in [2.75, 3.05) is 11.5 Å². The zero-order chi connectivity index (χ0) is 8.97. The molecule has 0 aliphatic heterocycles. The Kier molecular flexibility index (Phi) is 4.32. The molecule has 66 valence electrons. The van der Waals surface area contributed by atoms with E-state index in [1.807, 2.05) is 12.1 Å². The van der Waals surface area contributed by atoms with Gasteiger partial charge in [0.2, 0.25) is 0 Å². The molecule has 0 aliphatic carbocycles. The smallest absolute Gasteiger partial charge is 0.182 e. The van der Waals surface area contributed by atoms with E-state index < -0.39 is 0 Å². The second-order valence-corrected chi connectivity index (χ2v) is 5.90. The van der Waals surface area contributed by atoms with Crippen LogP contribution in [-0.2, 0) is 0 Å². The van der Waals surface area contributed by atoms with E-state index in [2.05, 4.69) is 22.9 Å². The molecular formula is C8H9BrOS2. The van der Waals surface area contributed by atoms with Crippen molar-refractivity contribution < 1.29 is 4.79 Å². The van der Waals surface area contributed by atoms with Crippen LogP contribution >= 0.6 is 39.0 Å². The molecule has 0 radical (unpaired) electrons. The Morgan fingerprint density at radius 3 is 2.92 bits per heavy atom. The summed E-state index contributed by atoms with van der Waals surface area (Å²) in [4.78, 5) is 12.2. The van der Waals surface area contributed by atoms with Crippen molar-refractivity contribution >= 4 is 44.8 Å². The van der Waals surface area contributed by atoms with Crippen molar-refractivity contribution in [1.29, 1.82) is 0 Å². The van der Waals surface area contributed by atoms with Gasteiger partial charge in [-0.15, -0.1) is 11.3 Å². The number of hydrogen-bond donors (Lipinski definition) is 0. The number of hydrogen-bond acceptors (Lipinski definition) is 3. The Bertz CT molecular complexity index is 270. The predicted molar refractivity (Wildman–Crippen MR) is 59.3 cm³/mol. The topological polar surface area (TPSA) is 17.1 Å². The summed E-state index contributed by atoms with van der Waals surface area (Å²) in [6, 6.07) is 3.78. The zero-order valence-electron chi connectivity index (χ0n) is 6.67. The van der Waals surface area contributed by atoms with Gasteiger partial charge in [-0.1, -0.05) is 6.92 Å². The molecular weight excluding hydrogens is 256 g/mol. The highest BCUT2D eigenvalue weighted by Crippen LogP contribution is 2.23. The van der Waals surface area contributed by atoms with Crippen LogP contribution in [0.5, 0.6) is 0 Å². The standard InChI is InChI=1S/C8H9BrOS2/c1-2-11-5-6(10)7-3-4-8(9)12-7/h3-4H,2,5H2,1H3. The molecule has 0 atom stereocenters. The largest absolute Gasteiger partial charge is 0.292 e. The van der Waals surface area contributed by atoms with Crippen LogP contribution in [-0.4, -0.2) is 17.3 Å². The van der Waals surface area contributed by atoms with Crippen LogP contribution in [0, 0.1) is 0 Å². The molecule has 1 aromatic rings. The van der Waals surface area contributed by atoms with E-state index in [-0.39, 0.29) is 5.78 Å². The number of ketones is 1. The van der Waals surface area contributed by atoms with E-state index in [0.29, 0.717) is 5.75 Å². The van der Waals surface area contributed by atoms with Gasteiger partial charge in [0.1, 0.15) is 0 Å². The molecule has 0 spiro atoms. The van der Waals surface area contributed by atoms with Crippen LogP contribution < -0.4 is 0 Å². The summed E-state index contributed by atoms with van der Waals surface area (Å²) in [6.45, 7) is 2.06. The quantitative estimate of drug-likeness (QED) is 0.776. The van der Waals surface area contributed by atoms with Crippen molar-refractivity contribution in [3.05, 3.63) is 20.8 Å². The van der Waals surface area contributed by atoms with Gasteiger partial charge in [0.05, 0.1) is 14.4 Å². The molecule has 0 fully saturated rings. The van der Waals surface area contributed by atoms with Gasteiger partial charge < -0.3 is 0 Å². The minimum absolute atomic E-state index is 0.234. The summed E-state index contributed by atoms with van der Waals surface area (Å²) in [5, 5.41) is 0. The average Bonchev–Trinajstić information content (AvgIpc) is 2.47. The number of thioether (sulfide) groups is 1. The molecule has 0 unspecified atom stereocenters. The third kappa shape index (κ3) is 2.92. The van der Waals surface area contributed by atoms with Crippen LogP contribution in [0.2, 0.25) is 0 Å². The molecule has 0 saturated heterocycles. The van der Waals surface area contributed by atoms with Gasteiger partial charge >= 0.3 is 0 Å². The monoisotopic (exact) mass is 264 g/mol. The highest BCUT2D eigenvalue weighted by Gasteiger charge is 2.07. The Labute approximate surface area is 88.7 Å². The van der Waals surface area contributed by atoms with E-state index >= 15 is 0 Å². The lowest BCUT2D eigenvalue weighted by atomic mass is 10.4. The fourth-order valence-electron chi connectivity index (χ4n) is 0.730. The van der Waals surface area contributed by atoms with Gasteiger partial charge in [-0.2, -0.15) is 11.8 Å². The van der Waals surface area contributed by atoms with Crippen molar-refractivity contribution in [3.63, 3.8) is 0 Å². The second-order valence-electron chi connectivity index (χ2n) is 2.16. The van der Waals surface area contributed by atoms with Crippen molar-refractivity contribution in [2.45, 2.75) is 6.92 Å². The molecule has 1 rings (SSSR count). The maximum Gasteiger partial charge on any atom is 0.182 e. The first-order valence-electron chi connectivity index (χ1n) is 3.60. The number of Topliss-reactive ketones (excluding diaryl/α,β-unsaturated/α-hetero) is 1. The Morgan fingerprint density at radius 2 is 2.42 bits per heavy atom. The molecule has 4 heteroatoms. The van der Waals surface area contributed by atoms with Gasteiger partial charge in [0, 0.05) is 0 Å². The molecule has 0 amide bonds. The lowest BCUT2D eigenvalue weighted by Crippen LogP contribution is -1.99. The fraction of sp³-hybridized carbons (Fsp3) is 0.375. The molecule has 0 bridgehead atoms. The third-order valence-corrected chi connectivity index (χ3v) is 3.82. The van der Waals surface area contributed by atoms with Crippen molar-refractivity contribution in [1.82, 2.24) is 0 Å². The van der Waals surface area contributed by atoms with Gasteiger partial charge in [-0.3, -0.25) is 4.79 Å². The Balaban J connectivity index is 2.53. The predicted octanol–water partition coefficient (Wildman–Crippen LogP) is 3.45. The van der Waals surface area contributed by atoms with E-state index in [1.54, 1.807) is 11.8 Å². The van der Waals surface area contributed by atoms with Crippen LogP contribution in [0.4, 0.5) is 0 Å². The van der Waals surface area contributed by atoms with Gasteiger partial charge in [0.15, 0.2) is 5.78 Å². The van der Waals surface area contributed by atoms with E-state index in [9.17, 15) is 4.79 Å². The lowest BCUT2D eigenvalue weighted by molar-refractivity contribution is 0.102. The SMILES string of the molecule is CCSCC(=O)c1ccc(Br)s1. The summed E-state index contributed by atoms with van der Waals surface area (Å²) >= 11 is 6.49. The summed E-state index contributed by atoms with van der Waals surface area (Å²) in [5.74, 6) is 1.83. The molecule has 1 aromatic heterocycles. The lowest BCUT2D eigenvalue weighted by Gasteiger charge is -1.93. The van der Waals surface area contributed by atoms with Gasteiger partial charge in [-0.05, 0) is 33.8 Å². The van der Waals surface area contributed by atoms with Crippen molar-refractivity contribution in [3.8, 4) is 0 Å². The zero-order valence-corrected chi connectivity index (χ0v) is 9.89. The number of thiophene rings is 1. The summed E-state index contributed by atoms with van der Waals surface area (Å²) in [5.41, 5.74) is 0. The minimum atomic E-state index is 0.234. The summed E-state index contributed by atoms with van der Waals surface area (Å²) < 4.78 is 1.02. The molecule has 12 heavy (non-hydrogen) atoms. The number of carbonyl (C=O) groups is 1. The summed E-state index contributed by atoms with van der Waals surface area (Å²) in [7, 11) is 0. The van der Waals surface area contributed by atoms with Crippen LogP contribution in [0.3, 0.4) is 0 Å². The average molecular weight is 265 g/mol. The number of carbonyl (C=O) groups excluding carboxylic acids is 1. The van der Waals surface area contributed by atoms with Crippen molar-refractivity contribution in [2.24, 2.45) is 0 Å². The Hall–Kier alpha value is 0.200. The van der Waals surface area contributed by atoms with Gasteiger partial charge in [0.25, 0.3) is 0 Å². The molecule has 0 saturated carbocycles. The molecule has 1 heterocycles. The first-order valence-corrected chi connectivity index (χ1v) is 6.36. The maximum atomic E-state index is 11.4. The first-order chi connectivity index (χ1) is 5.74. The molecule has 0 aromatic carbocycles. The van der Waals surface area contributed by atoms with Crippen LogP contribution in [0.15, 0.2) is 15.9 Å². The van der Waals surface area contributed by atoms with E-state index in [4.69, 9.17) is 0 Å².